The summed E-state index contributed by atoms with van der Waals surface area (Å²) in [7, 11) is 0. The summed E-state index contributed by atoms with van der Waals surface area (Å²) in [6.07, 6.45) is 4.21. The average Bonchev–Trinajstić information content (AvgIpc) is 3.24. The fourth-order valence-corrected chi connectivity index (χ4v) is 3.66. The van der Waals surface area contributed by atoms with E-state index < -0.39 is 0 Å². The molecular formula is C22H23ClN4O. The van der Waals surface area contributed by atoms with Gasteiger partial charge in [-0.1, -0.05) is 54.1 Å². The average molecular weight is 395 g/mol. The second-order valence-corrected chi connectivity index (χ2v) is 7.46. The minimum Gasteiger partial charge on any atom is -0.378 e. The van der Waals surface area contributed by atoms with Crippen LogP contribution in [0.1, 0.15) is 24.0 Å². The first-order valence-electron chi connectivity index (χ1n) is 9.58. The van der Waals surface area contributed by atoms with Crippen molar-refractivity contribution in [2.45, 2.75) is 25.9 Å². The fraction of sp³-hybridized carbons (Fsp3) is 0.273. The van der Waals surface area contributed by atoms with Gasteiger partial charge in [-0.15, -0.1) is 0 Å². The molecule has 3 aromatic rings. The maximum absolute atomic E-state index is 12.5. The summed E-state index contributed by atoms with van der Waals surface area (Å²) in [4.78, 5) is 15.0. The van der Waals surface area contributed by atoms with Crippen LogP contribution in [0, 0.1) is 0 Å². The molecular weight excluding hydrogens is 372 g/mol. The summed E-state index contributed by atoms with van der Waals surface area (Å²) in [5.41, 5.74) is 3.36. The SMILES string of the molecule is O=c1c(Cl)c(NCc2ccc(CN3CCCC3)cc2)cnn1-c1ccccc1. The maximum Gasteiger partial charge on any atom is 0.292 e. The molecule has 0 radical (unpaired) electrons. The minimum absolute atomic E-state index is 0.143. The van der Waals surface area contributed by atoms with Crippen molar-refractivity contribution in [3.05, 3.63) is 87.3 Å². The van der Waals surface area contributed by atoms with Gasteiger partial charge in [0.25, 0.3) is 5.56 Å². The van der Waals surface area contributed by atoms with Gasteiger partial charge < -0.3 is 5.32 Å². The van der Waals surface area contributed by atoms with E-state index in [-0.39, 0.29) is 10.6 Å². The first-order chi connectivity index (χ1) is 13.7. The quantitative estimate of drug-likeness (QED) is 0.684. The number of likely N-dealkylation sites (tertiary alicyclic amines) is 1. The Kier molecular flexibility index (Phi) is 5.74. The molecule has 144 valence electrons. The molecule has 0 bridgehead atoms. The third kappa shape index (κ3) is 4.26. The molecule has 1 saturated heterocycles. The summed E-state index contributed by atoms with van der Waals surface area (Å²) in [6, 6.07) is 17.8. The Morgan fingerprint density at radius 1 is 0.964 bits per heavy atom. The zero-order valence-corrected chi connectivity index (χ0v) is 16.4. The Morgan fingerprint density at radius 3 is 2.36 bits per heavy atom. The second kappa shape index (κ2) is 8.59. The predicted octanol–water partition coefficient (Wildman–Crippen LogP) is 4.09. The van der Waals surface area contributed by atoms with Crippen molar-refractivity contribution in [2.75, 3.05) is 18.4 Å². The number of para-hydroxylation sites is 1. The van der Waals surface area contributed by atoms with Crippen molar-refractivity contribution in [2.24, 2.45) is 0 Å². The van der Waals surface area contributed by atoms with Crippen LogP contribution in [0.3, 0.4) is 0 Å². The van der Waals surface area contributed by atoms with E-state index in [4.69, 9.17) is 11.6 Å². The number of hydrogen-bond donors (Lipinski definition) is 1. The van der Waals surface area contributed by atoms with Gasteiger partial charge in [-0.2, -0.15) is 9.78 Å². The molecule has 6 heteroatoms. The van der Waals surface area contributed by atoms with Crippen LogP contribution in [-0.4, -0.2) is 27.8 Å². The van der Waals surface area contributed by atoms with Crippen molar-refractivity contribution in [1.82, 2.24) is 14.7 Å². The molecule has 28 heavy (non-hydrogen) atoms. The minimum atomic E-state index is -0.334. The molecule has 1 fully saturated rings. The summed E-state index contributed by atoms with van der Waals surface area (Å²) < 4.78 is 1.31. The zero-order chi connectivity index (χ0) is 19.3. The van der Waals surface area contributed by atoms with Crippen molar-refractivity contribution in [1.29, 1.82) is 0 Å². The number of halogens is 1. The molecule has 0 aliphatic carbocycles. The van der Waals surface area contributed by atoms with Crippen LogP contribution in [0.5, 0.6) is 0 Å². The highest BCUT2D eigenvalue weighted by molar-refractivity contribution is 6.32. The third-order valence-electron chi connectivity index (χ3n) is 5.03. The fourth-order valence-electron chi connectivity index (χ4n) is 3.47. The molecule has 2 heterocycles. The van der Waals surface area contributed by atoms with Gasteiger partial charge >= 0.3 is 0 Å². The normalized spacial score (nSPS) is 14.3. The molecule has 0 atom stereocenters. The van der Waals surface area contributed by atoms with Gasteiger partial charge in [0.2, 0.25) is 0 Å². The van der Waals surface area contributed by atoms with E-state index >= 15 is 0 Å². The second-order valence-electron chi connectivity index (χ2n) is 7.08. The summed E-state index contributed by atoms with van der Waals surface area (Å²) in [5, 5.41) is 7.61. The number of nitrogens with one attached hydrogen (secondary N) is 1. The molecule has 1 aliphatic heterocycles. The molecule has 0 spiro atoms. The highest BCUT2D eigenvalue weighted by atomic mass is 35.5. The van der Waals surface area contributed by atoms with Crippen molar-refractivity contribution < 1.29 is 0 Å². The van der Waals surface area contributed by atoms with Crippen LogP contribution in [0.4, 0.5) is 5.69 Å². The monoisotopic (exact) mass is 394 g/mol. The maximum atomic E-state index is 12.5. The predicted molar refractivity (Wildman–Crippen MR) is 113 cm³/mol. The van der Waals surface area contributed by atoms with Gasteiger partial charge in [0.15, 0.2) is 0 Å². The lowest BCUT2D eigenvalue weighted by molar-refractivity contribution is 0.331. The van der Waals surface area contributed by atoms with Crippen molar-refractivity contribution in [3.8, 4) is 5.69 Å². The first kappa shape index (κ1) is 18.7. The van der Waals surface area contributed by atoms with E-state index in [2.05, 4.69) is 39.6 Å². The van der Waals surface area contributed by atoms with Crippen LogP contribution >= 0.6 is 11.6 Å². The smallest absolute Gasteiger partial charge is 0.292 e. The molecule has 2 aromatic carbocycles. The molecule has 4 rings (SSSR count). The van der Waals surface area contributed by atoms with E-state index in [9.17, 15) is 4.79 Å². The summed E-state index contributed by atoms with van der Waals surface area (Å²) in [6.45, 7) is 3.99. The van der Waals surface area contributed by atoms with Gasteiger partial charge in [-0.3, -0.25) is 9.69 Å². The molecule has 1 aliphatic rings. The first-order valence-corrected chi connectivity index (χ1v) is 9.96. The summed E-state index contributed by atoms with van der Waals surface area (Å²) >= 11 is 6.29. The van der Waals surface area contributed by atoms with E-state index in [0.717, 1.165) is 12.1 Å². The van der Waals surface area contributed by atoms with Crippen molar-refractivity contribution >= 4 is 17.3 Å². The van der Waals surface area contributed by atoms with Crippen LogP contribution < -0.4 is 10.9 Å². The summed E-state index contributed by atoms with van der Waals surface area (Å²) in [5.74, 6) is 0. The van der Waals surface area contributed by atoms with E-state index in [1.165, 1.54) is 36.2 Å². The van der Waals surface area contributed by atoms with E-state index in [0.29, 0.717) is 17.9 Å². The molecule has 5 nitrogen and oxygen atoms in total. The third-order valence-corrected chi connectivity index (χ3v) is 5.40. The highest BCUT2D eigenvalue weighted by Gasteiger charge is 2.12. The van der Waals surface area contributed by atoms with Gasteiger partial charge in [0.1, 0.15) is 5.02 Å². The Hall–Kier alpha value is -2.63. The van der Waals surface area contributed by atoms with Crippen LogP contribution in [-0.2, 0) is 13.1 Å². The Morgan fingerprint density at radius 2 is 1.64 bits per heavy atom. The number of aromatic nitrogens is 2. The molecule has 1 aromatic heterocycles. The zero-order valence-electron chi connectivity index (χ0n) is 15.6. The molecule has 0 amide bonds. The topological polar surface area (TPSA) is 50.2 Å². The number of rotatable bonds is 6. The van der Waals surface area contributed by atoms with Crippen LogP contribution in [0.2, 0.25) is 5.02 Å². The standard InChI is InChI=1S/C22H23ClN4O/c23-21-20(15-25-27(22(21)28)19-6-2-1-3-7-19)24-14-17-8-10-18(11-9-17)16-26-12-4-5-13-26/h1-3,6-11,15,24H,4-5,12-14,16H2. The van der Waals surface area contributed by atoms with E-state index in [1.54, 1.807) is 6.20 Å². The highest BCUT2D eigenvalue weighted by Crippen LogP contribution is 2.18. The molecule has 0 unspecified atom stereocenters. The van der Waals surface area contributed by atoms with Crippen LogP contribution in [0.25, 0.3) is 5.69 Å². The lowest BCUT2D eigenvalue weighted by atomic mass is 10.1. The molecule has 0 saturated carbocycles. The lowest BCUT2D eigenvalue weighted by Gasteiger charge is -2.15. The number of hydrogen-bond acceptors (Lipinski definition) is 4. The number of benzene rings is 2. The van der Waals surface area contributed by atoms with Gasteiger partial charge in [0, 0.05) is 13.1 Å². The largest absolute Gasteiger partial charge is 0.378 e. The van der Waals surface area contributed by atoms with Crippen molar-refractivity contribution in [3.63, 3.8) is 0 Å². The Labute approximate surface area is 169 Å². The van der Waals surface area contributed by atoms with Gasteiger partial charge in [0.05, 0.1) is 17.6 Å². The van der Waals surface area contributed by atoms with Gasteiger partial charge in [-0.05, 0) is 49.2 Å². The Bertz CT molecular complexity index is 980. The van der Waals surface area contributed by atoms with Crippen LogP contribution in [0.15, 0.2) is 65.6 Å². The van der Waals surface area contributed by atoms with Gasteiger partial charge in [-0.25, -0.2) is 0 Å². The lowest BCUT2D eigenvalue weighted by Crippen LogP contribution is -2.22. The Balaban J connectivity index is 1.42. The van der Waals surface area contributed by atoms with E-state index in [1.807, 2.05) is 30.3 Å². The molecule has 1 N–H and O–H groups in total. The number of nitrogens with zero attached hydrogens (tertiary/aromatic N) is 3. The number of anilines is 1.